The molecule has 0 saturated carbocycles. The van der Waals surface area contributed by atoms with Crippen LogP contribution in [0.5, 0.6) is 0 Å². The smallest absolute Gasteiger partial charge is 0.243 e. The van der Waals surface area contributed by atoms with E-state index >= 15 is 0 Å². The van der Waals surface area contributed by atoms with Gasteiger partial charge in [-0.05, 0) is 38.4 Å². The fourth-order valence-corrected chi connectivity index (χ4v) is 4.42. The Labute approximate surface area is 162 Å². The predicted octanol–water partition coefficient (Wildman–Crippen LogP) is 1.38. The average Bonchev–Trinajstić information content (AvgIpc) is 2.64. The van der Waals surface area contributed by atoms with E-state index in [1.165, 1.54) is 4.31 Å². The maximum absolute atomic E-state index is 12.7. The molecule has 0 bridgehead atoms. The van der Waals surface area contributed by atoms with Gasteiger partial charge in [-0.3, -0.25) is 14.0 Å². The van der Waals surface area contributed by atoms with Crippen LogP contribution in [-0.4, -0.2) is 70.9 Å². The summed E-state index contributed by atoms with van der Waals surface area (Å²) in [7, 11) is -3.58. The van der Waals surface area contributed by atoms with Crippen molar-refractivity contribution in [2.45, 2.75) is 32.7 Å². The van der Waals surface area contributed by atoms with Crippen LogP contribution in [0, 0.1) is 6.92 Å². The minimum Gasteiger partial charge on any atom is -0.379 e. The Morgan fingerprint density at radius 3 is 2.44 bits per heavy atom. The standard InChI is InChI=1S/C19H31N3O4S/c1-4-18(19(23)20-10-5-11-21-12-14-26-15-13-21)22(27(3,24)25)17-8-6-16(2)7-9-17/h6-9,18H,4-5,10-15H2,1-3H3,(H,20,23)/t18-/m1/s1. The van der Waals surface area contributed by atoms with E-state index in [1.807, 2.05) is 26.0 Å². The van der Waals surface area contributed by atoms with Crippen LogP contribution in [0.2, 0.25) is 0 Å². The van der Waals surface area contributed by atoms with Crippen LogP contribution in [-0.2, 0) is 19.6 Å². The molecule has 2 rings (SSSR count). The molecule has 1 aliphatic rings. The van der Waals surface area contributed by atoms with E-state index in [9.17, 15) is 13.2 Å². The average molecular weight is 398 g/mol. The maximum atomic E-state index is 12.7. The number of amides is 1. The Morgan fingerprint density at radius 2 is 1.89 bits per heavy atom. The van der Waals surface area contributed by atoms with Crippen molar-refractivity contribution in [1.29, 1.82) is 0 Å². The number of nitrogens with zero attached hydrogens (tertiary/aromatic N) is 2. The van der Waals surface area contributed by atoms with Gasteiger partial charge in [0.2, 0.25) is 15.9 Å². The Hall–Kier alpha value is -1.64. The van der Waals surface area contributed by atoms with Gasteiger partial charge in [0.15, 0.2) is 0 Å². The molecule has 0 aromatic heterocycles. The highest BCUT2D eigenvalue weighted by molar-refractivity contribution is 7.92. The van der Waals surface area contributed by atoms with Crippen LogP contribution in [0.25, 0.3) is 0 Å². The van der Waals surface area contributed by atoms with Gasteiger partial charge < -0.3 is 10.1 Å². The molecule has 1 aromatic carbocycles. The number of anilines is 1. The number of carbonyl (C=O) groups is 1. The fraction of sp³-hybridized carbons (Fsp3) is 0.632. The van der Waals surface area contributed by atoms with Crippen molar-refractivity contribution in [3.05, 3.63) is 29.8 Å². The zero-order valence-electron chi connectivity index (χ0n) is 16.5. The van der Waals surface area contributed by atoms with Gasteiger partial charge in [0.25, 0.3) is 0 Å². The third-order valence-electron chi connectivity index (χ3n) is 4.67. The molecule has 1 aliphatic heterocycles. The van der Waals surface area contributed by atoms with Crippen molar-refractivity contribution in [2.24, 2.45) is 0 Å². The molecule has 1 heterocycles. The van der Waals surface area contributed by atoms with Gasteiger partial charge in [-0.1, -0.05) is 24.6 Å². The second kappa shape index (κ2) is 10.1. The summed E-state index contributed by atoms with van der Waals surface area (Å²) in [5.74, 6) is -0.259. The second-order valence-corrected chi connectivity index (χ2v) is 8.78. The summed E-state index contributed by atoms with van der Waals surface area (Å²) in [4.78, 5) is 15.0. The molecule has 1 aromatic rings. The summed E-state index contributed by atoms with van der Waals surface area (Å²) < 4.78 is 31.3. The van der Waals surface area contributed by atoms with Crippen LogP contribution in [0.1, 0.15) is 25.3 Å². The number of rotatable bonds is 9. The normalized spacial score (nSPS) is 16.7. The van der Waals surface area contributed by atoms with Gasteiger partial charge in [0.1, 0.15) is 6.04 Å². The first-order valence-corrected chi connectivity index (χ1v) is 11.3. The van der Waals surface area contributed by atoms with E-state index in [1.54, 1.807) is 12.1 Å². The number of benzene rings is 1. The summed E-state index contributed by atoms with van der Waals surface area (Å²) in [6.45, 7) is 8.53. The van der Waals surface area contributed by atoms with E-state index in [0.717, 1.165) is 51.1 Å². The molecule has 1 fully saturated rings. The Bertz CT molecular complexity index is 700. The van der Waals surface area contributed by atoms with Gasteiger partial charge in [0, 0.05) is 19.6 Å². The van der Waals surface area contributed by atoms with E-state index in [2.05, 4.69) is 10.2 Å². The monoisotopic (exact) mass is 397 g/mol. The lowest BCUT2D eigenvalue weighted by Gasteiger charge is -2.30. The molecular formula is C19H31N3O4S. The highest BCUT2D eigenvalue weighted by Crippen LogP contribution is 2.22. The molecule has 1 amide bonds. The predicted molar refractivity (Wildman–Crippen MR) is 107 cm³/mol. The Kier molecular flexibility index (Phi) is 8.07. The van der Waals surface area contributed by atoms with Crippen molar-refractivity contribution in [1.82, 2.24) is 10.2 Å². The van der Waals surface area contributed by atoms with Crippen molar-refractivity contribution in [3.63, 3.8) is 0 Å². The summed E-state index contributed by atoms with van der Waals surface area (Å²) in [6.07, 6.45) is 2.36. The second-order valence-electron chi connectivity index (χ2n) is 6.92. The Balaban J connectivity index is 1.98. The van der Waals surface area contributed by atoms with E-state index < -0.39 is 16.1 Å². The fourth-order valence-electron chi connectivity index (χ4n) is 3.21. The summed E-state index contributed by atoms with van der Waals surface area (Å²) >= 11 is 0. The summed E-state index contributed by atoms with van der Waals surface area (Å²) in [5.41, 5.74) is 1.55. The molecule has 7 nitrogen and oxygen atoms in total. The van der Waals surface area contributed by atoms with Gasteiger partial charge in [-0.15, -0.1) is 0 Å². The summed E-state index contributed by atoms with van der Waals surface area (Å²) in [5, 5.41) is 2.90. The molecule has 0 spiro atoms. The Morgan fingerprint density at radius 1 is 1.26 bits per heavy atom. The molecule has 152 valence electrons. The van der Waals surface area contributed by atoms with Crippen molar-refractivity contribution >= 4 is 21.6 Å². The number of carbonyl (C=O) groups excluding carboxylic acids is 1. The molecule has 0 radical (unpaired) electrons. The van der Waals surface area contributed by atoms with Crippen LogP contribution in [0.4, 0.5) is 5.69 Å². The summed E-state index contributed by atoms with van der Waals surface area (Å²) in [6, 6.07) is 6.42. The molecule has 8 heteroatoms. The zero-order valence-corrected chi connectivity index (χ0v) is 17.3. The van der Waals surface area contributed by atoms with Crippen molar-refractivity contribution in [3.8, 4) is 0 Å². The molecular weight excluding hydrogens is 366 g/mol. The molecule has 0 aliphatic carbocycles. The van der Waals surface area contributed by atoms with Gasteiger partial charge >= 0.3 is 0 Å². The van der Waals surface area contributed by atoms with Crippen LogP contribution >= 0.6 is 0 Å². The number of ether oxygens (including phenoxy) is 1. The number of sulfonamides is 1. The molecule has 27 heavy (non-hydrogen) atoms. The maximum Gasteiger partial charge on any atom is 0.243 e. The number of nitrogens with one attached hydrogen (secondary N) is 1. The number of morpholine rings is 1. The molecule has 1 atom stereocenters. The quantitative estimate of drug-likeness (QED) is 0.637. The molecule has 1 saturated heterocycles. The van der Waals surface area contributed by atoms with E-state index in [4.69, 9.17) is 4.74 Å². The first-order valence-electron chi connectivity index (χ1n) is 9.47. The third kappa shape index (κ3) is 6.48. The first-order chi connectivity index (χ1) is 12.8. The van der Waals surface area contributed by atoms with Crippen LogP contribution in [0.3, 0.4) is 0 Å². The zero-order chi connectivity index (χ0) is 19.9. The van der Waals surface area contributed by atoms with E-state index in [0.29, 0.717) is 18.7 Å². The number of hydrogen-bond acceptors (Lipinski definition) is 5. The lowest BCUT2D eigenvalue weighted by molar-refractivity contribution is -0.122. The lowest BCUT2D eigenvalue weighted by Crippen LogP contribution is -2.49. The highest BCUT2D eigenvalue weighted by atomic mass is 32.2. The van der Waals surface area contributed by atoms with Crippen molar-refractivity contribution in [2.75, 3.05) is 50.0 Å². The number of hydrogen-bond donors (Lipinski definition) is 1. The molecule has 1 N–H and O–H groups in total. The van der Waals surface area contributed by atoms with Crippen LogP contribution in [0.15, 0.2) is 24.3 Å². The number of aryl methyl sites for hydroxylation is 1. The van der Waals surface area contributed by atoms with Gasteiger partial charge in [-0.2, -0.15) is 0 Å². The highest BCUT2D eigenvalue weighted by Gasteiger charge is 2.31. The minimum absolute atomic E-state index is 0.259. The third-order valence-corrected chi connectivity index (χ3v) is 5.85. The van der Waals surface area contributed by atoms with Gasteiger partial charge in [-0.25, -0.2) is 8.42 Å². The first kappa shape index (κ1) is 21.7. The van der Waals surface area contributed by atoms with Crippen LogP contribution < -0.4 is 9.62 Å². The van der Waals surface area contributed by atoms with Crippen molar-refractivity contribution < 1.29 is 17.9 Å². The molecule has 0 unspecified atom stereocenters. The topological polar surface area (TPSA) is 79.0 Å². The van der Waals surface area contributed by atoms with E-state index in [-0.39, 0.29) is 5.91 Å². The SMILES string of the molecule is CC[C@H](C(=O)NCCCN1CCOCC1)N(c1ccc(C)cc1)S(C)(=O)=O. The minimum atomic E-state index is -3.58. The van der Waals surface area contributed by atoms with Gasteiger partial charge in [0.05, 0.1) is 25.2 Å². The lowest BCUT2D eigenvalue weighted by atomic mass is 10.1. The largest absolute Gasteiger partial charge is 0.379 e.